The summed E-state index contributed by atoms with van der Waals surface area (Å²) < 4.78 is 73.0. The van der Waals surface area contributed by atoms with Crippen LogP contribution in [-0.4, -0.2) is 27.3 Å². The van der Waals surface area contributed by atoms with Crippen molar-refractivity contribution in [1.29, 1.82) is 0 Å². The number of hydrogen-bond donors (Lipinski definition) is 1. The molecule has 0 aliphatic rings. The zero-order valence-electron chi connectivity index (χ0n) is 14.3. The van der Waals surface area contributed by atoms with Crippen molar-refractivity contribution in [2.75, 3.05) is 0 Å². The Balaban J connectivity index is 1.70. The Hall–Kier alpha value is -3.70. The van der Waals surface area contributed by atoms with Gasteiger partial charge in [0.1, 0.15) is 29.4 Å². The van der Waals surface area contributed by atoms with E-state index in [2.05, 4.69) is 14.9 Å². The number of amides is 1. The Morgan fingerprint density at radius 1 is 1.10 bits per heavy atom. The predicted octanol–water partition coefficient (Wildman–Crippen LogP) is 3.12. The maximum atomic E-state index is 14.1. The highest BCUT2D eigenvalue weighted by Gasteiger charge is 2.31. The van der Waals surface area contributed by atoms with Gasteiger partial charge in [0.2, 0.25) is 0 Å². The molecule has 1 aromatic heterocycles. The number of alkyl halides is 3. The molecule has 2 aromatic carbocycles. The summed E-state index contributed by atoms with van der Waals surface area (Å²) in [6, 6.07) is 6.58. The van der Waals surface area contributed by atoms with Gasteiger partial charge in [-0.1, -0.05) is 0 Å². The van der Waals surface area contributed by atoms with Gasteiger partial charge in [-0.05, 0) is 36.4 Å². The van der Waals surface area contributed by atoms with E-state index in [1.807, 2.05) is 0 Å². The van der Waals surface area contributed by atoms with Gasteiger partial charge in [0.25, 0.3) is 5.91 Å². The molecule has 0 saturated carbocycles. The van der Waals surface area contributed by atoms with Gasteiger partial charge in [-0.25, -0.2) is 8.78 Å². The molecule has 0 aliphatic heterocycles. The number of carbonyl (C=O) groups is 1. The zero-order valence-corrected chi connectivity index (χ0v) is 14.3. The van der Waals surface area contributed by atoms with E-state index in [1.165, 1.54) is 18.3 Å². The Bertz CT molecular complexity index is 1030. The Morgan fingerprint density at radius 2 is 1.79 bits per heavy atom. The minimum absolute atomic E-state index is 0.227. The fraction of sp³-hybridized carbons (Fsp3) is 0.118. The molecule has 12 heteroatoms. The molecule has 0 bridgehead atoms. The van der Waals surface area contributed by atoms with Gasteiger partial charge < -0.3 is 15.2 Å². The number of benzene rings is 2. The second-order valence-electron chi connectivity index (χ2n) is 5.55. The molecule has 0 atom stereocenters. The van der Waals surface area contributed by atoms with Crippen molar-refractivity contribution in [3.63, 3.8) is 0 Å². The Morgan fingerprint density at radius 3 is 2.41 bits per heavy atom. The third-order valence-corrected chi connectivity index (χ3v) is 3.52. The quantitative estimate of drug-likeness (QED) is 0.626. The molecule has 1 amide bonds. The number of halogens is 5. The minimum atomic E-state index is -4.81. The number of nitrogens with zero attached hydrogens (tertiary/aromatic N) is 3. The molecular weight excluding hydrogens is 403 g/mol. The van der Waals surface area contributed by atoms with Gasteiger partial charge in [-0.3, -0.25) is 4.79 Å². The SMILES string of the molecule is NC(=O)c1c(F)ccc(OCc2cnn(-c3ccc(OC(F)(F)F)cc3)n2)c1F. The van der Waals surface area contributed by atoms with Gasteiger partial charge in [-0.15, -0.1) is 18.3 Å². The van der Waals surface area contributed by atoms with Crippen molar-refractivity contribution in [3.05, 3.63) is 65.5 Å². The molecule has 3 aromatic rings. The standard InChI is InChI=1S/C17H11F5N4O3/c18-12-5-6-13(15(19)14(12)16(23)27)28-8-9-7-24-26(25-9)10-1-3-11(4-2-10)29-17(20,21)22/h1-7H,8H2,(H2,23,27). The molecule has 0 aliphatic carbocycles. The monoisotopic (exact) mass is 414 g/mol. The van der Waals surface area contributed by atoms with Crippen LogP contribution < -0.4 is 15.2 Å². The summed E-state index contributed by atoms with van der Waals surface area (Å²) in [4.78, 5) is 12.2. The maximum absolute atomic E-state index is 14.1. The van der Waals surface area contributed by atoms with Crippen LogP contribution in [0.2, 0.25) is 0 Å². The number of aromatic nitrogens is 3. The van der Waals surface area contributed by atoms with Crippen molar-refractivity contribution in [2.24, 2.45) is 5.73 Å². The topological polar surface area (TPSA) is 92.3 Å². The highest BCUT2D eigenvalue weighted by molar-refractivity contribution is 5.93. The molecule has 0 unspecified atom stereocenters. The van der Waals surface area contributed by atoms with Crippen molar-refractivity contribution >= 4 is 5.91 Å². The van der Waals surface area contributed by atoms with Crippen molar-refractivity contribution in [3.8, 4) is 17.2 Å². The first-order valence-corrected chi connectivity index (χ1v) is 7.82. The second kappa shape index (κ2) is 7.73. The molecule has 0 saturated heterocycles. The van der Waals surface area contributed by atoms with Crippen LogP contribution in [0.4, 0.5) is 22.0 Å². The number of rotatable bonds is 6. The zero-order chi connectivity index (χ0) is 21.2. The predicted molar refractivity (Wildman–Crippen MR) is 87.2 cm³/mol. The third-order valence-electron chi connectivity index (χ3n) is 3.52. The summed E-state index contributed by atoms with van der Waals surface area (Å²) in [5.41, 5.74) is 4.56. The lowest BCUT2D eigenvalue weighted by atomic mass is 10.1. The molecule has 0 radical (unpaired) electrons. The molecule has 0 spiro atoms. The summed E-state index contributed by atoms with van der Waals surface area (Å²) in [6.07, 6.45) is -3.53. The van der Waals surface area contributed by atoms with Crippen LogP contribution in [0, 0.1) is 11.6 Å². The number of ether oxygens (including phenoxy) is 2. The fourth-order valence-corrected chi connectivity index (χ4v) is 2.29. The second-order valence-corrected chi connectivity index (χ2v) is 5.55. The summed E-state index contributed by atoms with van der Waals surface area (Å²) in [7, 11) is 0. The van der Waals surface area contributed by atoms with Crippen LogP contribution in [0.25, 0.3) is 5.69 Å². The lowest BCUT2D eigenvalue weighted by Gasteiger charge is -2.09. The first kappa shape index (κ1) is 20.0. The third kappa shape index (κ3) is 4.78. The van der Waals surface area contributed by atoms with Crippen LogP contribution in [0.15, 0.2) is 42.6 Å². The number of hydrogen-bond acceptors (Lipinski definition) is 5. The molecule has 2 N–H and O–H groups in total. The summed E-state index contributed by atoms with van der Waals surface area (Å²) >= 11 is 0. The van der Waals surface area contributed by atoms with Gasteiger partial charge in [-0.2, -0.15) is 9.90 Å². The van der Waals surface area contributed by atoms with Gasteiger partial charge in [0, 0.05) is 0 Å². The van der Waals surface area contributed by atoms with Crippen molar-refractivity contribution in [2.45, 2.75) is 13.0 Å². The largest absolute Gasteiger partial charge is 0.573 e. The molecule has 152 valence electrons. The van der Waals surface area contributed by atoms with E-state index in [-0.39, 0.29) is 12.3 Å². The molecule has 1 heterocycles. The van der Waals surface area contributed by atoms with E-state index in [9.17, 15) is 26.7 Å². The summed E-state index contributed by atoms with van der Waals surface area (Å²) in [5, 5.41) is 7.95. The number of carbonyl (C=O) groups excluding carboxylic acids is 1. The Kier molecular flexibility index (Phi) is 5.35. The summed E-state index contributed by atoms with van der Waals surface area (Å²) in [5.74, 6) is -4.47. The summed E-state index contributed by atoms with van der Waals surface area (Å²) in [6.45, 7) is -0.282. The lowest BCUT2D eigenvalue weighted by molar-refractivity contribution is -0.274. The average Bonchev–Trinajstić information content (AvgIpc) is 3.09. The molecule has 0 fully saturated rings. The van der Waals surface area contributed by atoms with E-state index < -0.39 is 41.0 Å². The number of nitrogens with two attached hydrogens (primary N) is 1. The first-order valence-electron chi connectivity index (χ1n) is 7.82. The average molecular weight is 414 g/mol. The van der Waals surface area contributed by atoms with Crippen LogP contribution in [0.5, 0.6) is 11.5 Å². The highest BCUT2D eigenvalue weighted by Crippen LogP contribution is 2.25. The molecule has 29 heavy (non-hydrogen) atoms. The lowest BCUT2D eigenvalue weighted by Crippen LogP contribution is -2.17. The molecule has 7 nitrogen and oxygen atoms in total. The minimum Gasteiger partial charge on any atom is -0.484 e. The van der Waals surface area contributed by atoms with Crippen LogP contribution in [-0.2, 0) is 6.61 Å². The van der Waals surface area contributed by atoms with E-state index in [1.54, 1.807) is 0 Å². The van der Waals surface area contributed by atoms with Gasteiger partial charge >= 0.3 is 6.36 Å². The van der Waals surface area contributed by atoms with E-state index in [4.69, 9.17) is 10.5 Å². The van der Waals surface area contributed by atoms with E-state index in [0.29, 0.717) is 5.69 Å². The van der Waals surface area contributed by atoms with Crippen LogP contribution in [0.1, 0.15) is 16.1 Å². The highest BCUT2D eigenvalue weighted by atomic mass is 19.4. The van der Waals surface area contributed by atoms with Crippen molar-refractivity contribution in [1.82, 2.24) is 15.0 Å². The maximum Gasteiger partial charge on any atom is 0.573 e. The Labute approximate surface area is 159 Å². The van der Waals surface area contributed by atoms with E-state index in [0.717, 1.165) is 29.1 Å². The van der Waals surface area contributed by atoms with E-state index >= 15 is 0 Å². The first-order chi connectivity index (χ1) is 13.6. The normalized spacial score (nSPS) is 11.3. The van der Waals surface area contributed by atoms with Crippen molar-refractivity contribution < 1.29 is 36.2 Å². The van der Waals surface area contributed by atoms with Crippen LogP contribution >= 0.6 is 0 Å². The molecular formula is C17H11F5N4O3. The van der Waals surface area contributed by atoms with Gasteiger partial charge in [0.05, 0.1) is 11.9 Å². The smallest absolute Gasteiger partial charge is 0.484 e. The molecule has 3 rings (SSSR count). The number of primary amides is 1. The fourth-order valence-electron chi connectivity index (χ4n) is 2.29. The van der Waals surface area contributed by atoms with Gasteiger partial charge in [0.15, 0.2) is 11.6 Å². The van der Waals surface area contributed by atoms with Crippen LogP contribution in [0.3, 0.4) is 0 Å².